The van der Waals surface area contributed by atoms with Gasteiger partial charge in [-0.05, 0) is 52.4 Å². The van der Waals surface area contributed by atoms with Gasteiger partial charge < -0.3 is 15.4 Å². The molecule has 2 N–H and O–H groups in total. The lowest BCUT2D eigenvalue weighted by atomic mass is 9.50. The van der Waals surface area contributed by atoms with E-state index in [0.29, 0.717) is 6.42 Å². The molecular formula is C16H28N2O3. The van der Waals surface area contributed by atoms with Gasteiger partial charge >= 0.3 is 6.09 Å². The first-order chi connectivity index (χ1) is 9.73. The predicted molar refractivity (Wildman–Crippen MR) is 80.9 cm³/mol. The van der Waals surface area contributed by atoms with E-state index in [2.05, 4.69) is 17.6 Å². The van der Waals surface area contributed by atoms with Gasteiger partial charge in [-0.3, -0.25) is 4.79 Å². The van der Waals surface area contributed by atoms with Crippen molar-refractivity contribution in [3.05, 3.63) is 0 Å². The number of hydrogen-bond donors (Lipinski definition) is 2. The Morgan fingerprint density at radius 1 is 1.29 bits per heavy atom. The molecular weight excluding hydrogens is 268 g/mol. The second-order valence-corrected chi connectivity index (χ2v) is 7.59. The van der Waals surface area contributed by atoms with Crippen LogP contribution in [0.3, 0.4) is 0 Å². The van der Waals surface area contributed by atoms with Gasteiger partial charge in [-0.15, -0.1) is 0 Å². The Bertz CT molecular complexity index is 397. The second-order valence-electron chi connectivity index (χ2n) is 7.59. The highest BCUT2D eigenvalue weighted by Gasteiger charge is 2.57. The van der Waals surface area contributed by atoms with Crippen molar-refractivity contribution in [2.24, 2.45) is 5.92 Å². The van der Waals surface area contributed by atoms with E-state index < -0.39 is 17.7 Å². The van der Waals surface area contributed by atoms with Crippen molar-refractivity contribution >= 4 is 12.0 Å². The van der Waals surface area contributed by atoms with Gasteiger partial charge in [0.1, 0.15) is 11.6 Å². The molecule has 2 bridgehead atoms. The van der Waals surface area contributed by atoms with Gasteiger partial charge in [-0.25, -0.2) is 4.79 Å². The quantitative estimate of drug-likeness (QED) is 0.792. The number of amides is 2. The minimum absolute atomic E-state index is 0.0435. The molecule has 0 aromatic carbocycles. The maximum atomic E-state index is 12.4. The molecule has 120 valence electrons. The first kappa shape index (κ1) is 16.1. The number of nitrogens with one attached hydrogen (secondary N) is 2. The summed E-state index contributed by atoms with van der Waals surface area (Å²) in [5, 5.41) is 5.85. The van der Waals surface area contributed by atoms with Gasteiger partial charge in [-0.2, -0.15) is 0 Å². The van der Waals surface area contributed by atoms with Gasteiger partial charge in [0, 0.05) is 5.54 Å². The fraction of sp³-hybridized carbons (Fsp3) is 0.875. The normalized spacial score (nSPS) is 27.9. The Kier molecular flexibility index (Phi) is 4.49. The molecule has 2 amide bonds. The zero-order valence-corrected chi connectivity index (χ0v) is 13.6. The van der Waals surface area contributed by atoms with Crippen LogP contribution in [0.4, 0.5) is 4.79 Å². The Hall–Kier alpha value is -1.26. The van der Waals surface area contributed by atoms with Crippen molar-refractivity contribution in [1.82, 2.24) is 10.6 Å². The Labute approximate surface area is 127 Å². The van der Waals surface area contributed by atoms with Crippen molar-refractivity contribution < 1.29 is 14.3 Å². The average molecular weight is 296 g/mol. The van der Waals surface area contributed by atoms with Crippen molar-refractivity contribution in [2.45, 2.75) is 83.4 Å². The lowest BCUT2D eigenvalue weighted by Crippen LogP contribution is -2.70. The lowest BCUT2D eigenvalue weighted by Gasteiger charge is -2.62. The zero-order valence-electron chi connectivity index (χ0n) is 13.6. The number of hydrogen-bond acceptors (Lipinski definition) is 3. The van der Waals surface area contributed by atoms with E-state index >= 15 is 0 Å². The molecule has 0 heterocycles. The third-order valence-electron chi connectivity index (χ3n) is 4.28. The molecule has 1 atom stereocenters. The van der Waals surface area contributed by atoms with Crippen LogP contribution in [-0.2, 0) is 9.53 Å². The molecule has 0 radical (unpaired) electrons. The van der Waals surface area contributed by atoms with Crippen LogP contribution in [0.1, 0.15) is 66.2 Å². The minimum Gasteiger partial charge on any atom is -0.444 e. The van der Waals surface area contributed by atoms with E-state index in [4.69, 9.17) is 4.74 Å². The fourth-order valence-corrected chi connectivity index (χ4v) is 3.11. The van der Waals surface area contributed by atoms with E-state index in [1.807, 2.05) is 20.8 Å². The molecule has 5 nitrogen and oxygen atoms in total. The number of rotatable bonds is 6. The molecule has 3 rings (SSSR count). The second kappa shape index (κ2) is 5.85. The van der Waals surface area contributed by atoms with E-state index in [9.17, 15) is 9.59 Å². The van der Waals surface area contributed by atoms with E-state index in [-0.39, 0.29) is 11.4 Å². The highest BCUT2D eigenvalue weighted by molar-refractivity contribution is 5.86. The summed E-state index contributed by atoms with van der Waals surface area (Å²) < 4.78 is 5.25. The van der Waals surface area contributed by atoms with Crippen LogP contribution in [0.15, 0.2) is 0 Å². The molecule has 0 spiro atoms. The van der Waals surface area contributed by atoms with Crippen LogP contribution >= 0.6 is 0 Å². The predicted octanol–water partition coefficient (Wildman–Crippen LogP) is 2.74. The molecule has 1 unspecified atom stereocenters. The molecule has 5 heteroatoms. The fourth-order valence-electron chi connectivity index (χ4n) is 3.11. The summed E-state index contributed by atoms with van der Waals surface area (Å²) in [6, 6.07) is -0.492. The maximum absolute atomic E-state index is 12.4. The van der Waals surface area contributed by atoms with Gasteiger partial charge in [0.15, 0.2) is 0 Å². The highest BCUT2D eigenvalue weighted by Crippen LogP contribution is 2.56. The number of alkyl carbamates (subject to hydrolysis) is 1. The molecule has 3 saturated carbocycles. The summed E-state index contributed by atoms with van der Waals surface area (Å²) >= 11 is 0. The van der Waals surface area contributed by atoms with Crippen LogP contribution in [0.25, 0.3) is 0 Å². The molecule has 3 fully saturated rings. The summed E-state index contributed by atoms with van der Waals surface area (Å²) in [5.41, 5.74) is -0.508. The topological polar surface area (TPSA) is 67.4 Å². The van der Waals surface area contributed by atoms with Gasteiger partial charge in [0.2, 0.25) is 5.91 Å². The van der Waals surface area contributed by atoms with Crippen LogP contribution in [0.2, 0.25) is 0 Å². The van der Waals surface area contributed by atoms with Crippen LogP contribution in [0.5, 0.6) is 0 Å². The molecule has 0 aromatic rings. The third-order valence-corrected chi connectivity index (χ3v) is 4.28. The number of ether oxygens (including phenoxy) is 1. The van der Waals surface area contributed by atoms with E-state index in [1.165, 1.54) is 0 Å². The number of carbonyl (C=O) groups excluding carboxylic acids is 2. The summed E-state index contributed by atoms with van der Waals surface area (Å²) in [6.07, 6.45) is 5.34. The van der Waals surface area contributed by atoms with Gasteiger partial charge in [-0.1, -0.05) is 19.8 Å². The average Bonchev–Trinajstić information content (AvgIpc) is 2.24. The van der Waals surface area contributed by atoms with Crippen molar-refractivity contribution in [3.8, 4) is 0 Å². The van der Waals surface area contributed by atoms with Gasteiger partial charge in [0.05, 0.1) is 0 Å². The van der Waals surface area contributed by atoms with Crippen LogP contribution in [-0.4, -0.2) is 29.2 Å². The van der Waals surface area contributed by atoms with E-state index in [1.54, 1.807) is 0 Å². The first-order valence-corrected chi connectivity index (χ1v) is 8.04. The van der Waals surface area contributed by atoms with Gasteiger partial charge in [0.25, 0.3) is 0 Å². The van der Waals surface area contributed by atoms with Crippen LogP contribution in [0, 0.1) is 5.92 Å². The summed E-state index contributed by atoms with van der Waals surface area (Å²) in [4.78, 5) is 24.3. The number of unbranched alkanes of at least 4 members (excludes halogenated alkanes) is 1. The Morgan fingerprint density at radius 2 is 1.90 bits per heavy atom. The van der Waals surface area contributed by atoms with Crippen molar-refractivity contribution in [3.63, 3.8) is 0 Å². The Balaban J connectivity index is 1.86. The largest absolute Gasteiger partial charge is 0.444 e. The van der Waals surface area contributed by atoms with Crippen LogP contribution < -0.4 is 10.6 Å². The molecule has 0 aromatic heterocycles. The lowest BCUT2D eigenvalue weighted by molar-refractivity contribution is -0.135. The zero-order chi connectivity index (χ0) is 15.7. The highest BCUT2D eigenvalue weighted by atomic mass is 16.6. The minimum atomic E-state index is -0.552. The molecule has 3 aliphatic rings. The van der Waals surface area contributed by atoms with E-state index in [0.717, 1.165) is 38.0 Å². The SMILES string of the molecule is CCCCC(NC(=O)OC(C)(C)C)C(=O)NC12CC(C1)C2. The summed E-state index contributed by atoms with van der Waals surface area (Å²) in [5.74, 6) is 0.755. The standard InChI is InChI=1S/C16H28N2O3/c1-5-6-7-12(17-14(20)21-15(2,3)4)13(19)18-16-8-11(9-16)10-16/h11-12H,5-10H2,1-4H3,(H,17,20)(H,18,19). The van der Waals surface area contributed by atoms with Crippen molar-refractivity contribution in [1.29, 1.82) is 0 Å². The molecule has 3 aliphatic carbocycles. The molecule has 0 saturated heterocycles. The number of carbonyl (C=O) groups is 2. The molecule has 0 aliphatic heterocycles. The third kappa shape index (κ3) is 4.11. The first-order valence-electron chi connectivity index (χ1n) is 8.04. The monoisotopic (exact) mass is 296 g/mol. The molecule has 21 heavy (non-hydrogen) atoms. The van der Waals surface area contributed by atoms with Crippen molar-refractivity contribution in [2.75, 3.05) is 0 Å². The Morgan fingerprint density at radius 3 is 2.33 bits per heavy atom. The smallest absolute Gasteiger partial charge is 0.408 e. The maximum Gasteiger partial charge on any atom is 0.408 e. The summed E-state index contributed by atoms with van der Waals surface area (Å²) in [6.45, 7) is 7.52. The summed E-state index contributed by atoms with van der Waals surface area (Å²) in [7, 11) is 0.